The number of hydrogen-bond acceptors (Lipinski definition) is 2. The van der Waals surface area contributed by atoms with Gasteiger partial charge < -0.3 is 9.84 Å². The van der Waals surface area contributed by atoms with Crippen molar-refractivity contribution in [2.75, 3.05) is 0 Å². The predicted octanol–water partition coefficient (Wildman–Crippen LogP) is 2.07. The first-order valence-electron chi connectivity index (χ1n) is 4.22. The molecule has 1 aromatic rings. The summed E-state index contributed by atoms with van der Waals surface area (Å²) in [6.07, 6.45) is -0.682. The lowest BCUT2D eigenvalue weighted by atomic mass is 10.3. The minimum atomic E-state index is -0.964. The predicted molar refractivity (Wildman–Crippen MR) is 48.7 cm³/mol. The van der Waals surface area contributed by atoms with Gasteiger partial charge in [-0.2, -0.15) is 0 Å². The molecule has 0 radical (unpaired) electrons. The van der Waals surface area contributed by atoms with Gasteiger partial charge >= 0.3 is 5.97 Å². The molecule has 0 aliphatic carbocycles. The zero-order valence-corrected chi connectivity index (χ0v) is 7.74. The Kier molecular flexibility index (Phi) is 3.45. The van der Waals surface area contributed by atoms with Gasteiger partial charge in [0.15, 0.2) is 11.6 Å². The molecular weight excluding hydrogens is 187 g/mol. The average Bonchev–Trinajstić information content (AvgIpc) is 2.07. The first-order valence-corrected chi connectivity index (χ1v) is 4.22. The second-order valence-corrected chi connectivity index (χ2v) is 2.96. The lowest BCUT2D eigenvalue weighted by Crippen LogP contribution is -2.17. The number of hydrogen-bond donors (Lipinski definition) is 1. The van der Waals surface area contributed by atoms with Crippen LogP contribution < -0.4 is 4.74 Å². The van der Waals surface area contributed by atoms with Crippen LogP contribution >= 0.6 is 0 Å². The summed E-state index contributed by atoms with van der Waals surface area (Å²) in [5.74, 6) is -1.36. The van der Waals surface area contributed by atoms with E-state index < -0.39 is 17.9 Å². The van der Waals surface area contributed by atoms with Crippen LogP contribution in [0.2, 0.25) is 0 Å². The first kappa shape index (κ1) is 10.5. The van der Waals surface area contributed by atoms with Gasteiger partial charge in [-0.05, 0) is 19.1 Å². The van der Waals surface area contributed by atoms with E-state index in [9.17, 15) is 9.18 Å². The lowest BCUT2D eigenvalue weighted by Gasteiger charge is -2.12. The second kappa shape index (κ2) is 4.60. The Morgan fingerprint density at radius 2 is 2.21 bits per heavy atom. The van der Waals surface area contributed by atoms with Crippen molar-refractivity contribution in [3.05, 3.63) is 30.1 Å². The molecule has 1 N–H and O–H groups in total. The third-order valence-corrected chi connectivity index (χ3v) is 1.63. The van der Waals surface area contributed by atoms with Gasteiger partial charge in [0.1, 0.15) is 6.10 Å². The summed E-state index contributed by atoms with van der Waals surface area (Å²) < 4.78 is 18.1. The smallest absolute Gasteiger partial charge is 0.307 e. The molecule has 0 fully saturated rings. The molecule has 0 saturated heterocycles. The zero-order chi connectivity index (χ0) is 10.6. The van der Waals surface area contributed by atoms with E-state index in [1.165, 1.54) is 12.1 Å². The van der Waals surface area contributed by atoms with Crippen LogP contribution in [0.5, 0.6) is 5.75 Å². The topological polar surface area (TPSA) is 46.5 Å². The van der Waals surface area contributed by atoms with Gasteiger partial charge in [0.25, 0.3) is 0 Å². The number of halogens is 1. The molecule has 0 bridgehead atoms. The number of ether oxygens (including phenoxy) is 1. The van der Waals surface area contributed by atoms with Crippen LogP contribution in [-0.4, -0.2) is 17.2 Å². The third kappa shape index (κ3) is 3.05. The summed E-state index contributed by atoms with van der Waals surface area (Å²) in [5.41, 5.74) is 0. The maximum Gasteiger partial charge on any atom is 0.307 e. The molecule has 1 unspecified atom stereocenters. The number of rotatable bonds is 4. The molecule has 0 amide bonds. The van der Waals surface area contributed by atoms with Crippen LogP contribution in [-0.2, 0) is 4.79 Å². The van der Waals surface area contributed by atoms with Crippen molar-refractivity contribution in [2.45, 2.75) is 19.4 Å². The highest BCUT2D eigenvalue weighted by molar-refractivity contribution is 5.67. The molecule has 76 valence electrons. The third-order valence-electron chi connectivity index (χ3n) is 1.63. The van der Waals surface area contributed by atoms with Crippen molar-refractivity contribution in [3.8, 4) is 5.75 Å². The molecule has 3 nitrogen and oxygen atoms in total. The Balaban J connectivity index is 2.60. The minimum absolute atomic E-state index is 0.0845. The molecular formula is C10H11FO3. The molecule has 1 aromatic carbocycles. The molecule has 4 heteroatoms. The van der Waals surface area contributed by atoms with Crippen molar-refractivity contribution >= 4 is 5.97 Å². The Hall–Kier alpha value is -1.58. The van der Waals surface area contributed by atoms with Gasteiger partial charge in [0, 0.05) is 0 Å². The number of carboxylic acid groups (broad SMARTS) is 1. The van der Waals surface area contributed by atoms with E-state index in [0.29, 0.717) is 0 Å². The Morgan fingerprint density at radius 1 is 1.57 bits per heavy atom. The Labute approximate surface area is 81.1 Å². The largest absolute Gasteiger partial charge is 0.487 e. The second-order valence-electron chi connectivity index (χ2n) is 2.96. The minimum Gasteiger partial charge on any atom is -0.487 e. The molecule has 1 rings (SSSR count). The molecule has 0 aromatic heterocycles. The lowest BCUT2D eigenvalue weighted by molar-refractivity contribution is -0.138. The number of para-hydroxylation sites is 1. The number of carbonyl (C=O) groups is 1. The number of benzene rings is 1. The van der Waals surface area contributed by atoms with Gasteiger partial charge in [0.2, 0.25) is 0 Å². The number of aliphatic carboxylic acids is 1. The van der Waals surface area contributed by atoms with Crippen LogP contribution in [0, 0.1) is 5.82 Å². The van der Waals surface area contributed by atoms with Crippen molar-refractivity contribution < 1.29 is 19.0 Å². The fourth-order valence-electron chi connectivity index (χ4n) is 1.04. The van der Waals surface area contributed by atoms with Gasteiger partial charge in [-0.25, -0.2) is 4.39 Å². The molecule has 1 atom stereocenters. The molecule has 0 aliphatic rings. The molecule has 0 saturated carbocycles. The normalized spacial score (nSPS) is 12.1. The van der Waals surface area contributed by atoms with E-state index in [1.807, 2.05) is 0 Å². The van der Waals surface area contributed by atoms with E-state index in [-0.39, 0.29) is 12.2 Å². The maximum absolute atomic E-state index is 13.0. The van der Waals surface area contributed by atoms with E-state index >= 15 is 0 Å². The van der Waals surface area contributed by atoms with Crippen molar-refractivity contribution in [2.24, 2.45) is 0 Å². The molecule has 14 heavy (non-hydrogen) atoms. The standard InChI is InChI=1S/C10H11FO3/c1-7(6-10(12)13)14-9-5-3-2-4-8(9)11/h2-5,7H,6H2,1H3,(H,12,13). The molecule has 0 spiro atoms. The Morgan fingerprint density at radius 3 is 2.79 bits per heavy atom. The highest BCUT2D eigenvalue weighted by atomic mass is 19.1. The van der Waals surface area contributed by atoms with Crippen LogP contribution in [0.3, 0.4) is 0 Å². The van der Waals surface area contributed by atoms with Crippen LogP contribution in [0.15, 0.2) is 24.3 Å². The van der Waals surface area contributed by atoms with Crippen molar-refractivity contribution in [3.63, 3.8) is 0 Å². The zero-order valence-electron chi connectivity index (χ0n) is 7.74. The highest BCUT2D eigenvalue weighted by Gasteiger charge is 2.10. The number of carboxylic acids is 1. The summed E-state index contributed by atoms with van der Waals surface area (Å²) in [6, 6.07) is 5.91. The monoisotopic (exact) mass is 198 g/mol. The Bertz CT molecular complexity index is 325. The van der Waals surface area contributed by atoms with Gasteiger partial charge in [-0.1, -0.05) is 12.1 Å². The fourth-order valence-corrected chi connectivity index (χ4v) is 1.04. The summed E-state index contributed by atoms with van der Waals surface area (Å²) in [4.78, 5) is 10.3. The van der Waals surface area contributed by atoms with Gasteiger partial charge in [-0.3, -0.25) is 4.79 Å². The fraction of sp³-hybridized carbons (Fsp3) is 0.300. The average molecular weight is 198 g/mol. The van der Waals surface area contributed by atoms with Crippen LogP contribution in [0.4, 0.5) is 4.39 Å². The van der Waals surface area contributed by atoms with E-state index in [2.05, 4.69) is 0 Å². The summed E-state index contributed by atoms with van der Waals surface area (Å²) in [7, 11) is 0. The van der Waals surface area contributed by atoms with E-state index in [4.69, 9.17) is 9.84 Å². The molecule has 0 heterocycles. The van der Waals surface area contributed by atoms with Crippen molar-refractivity contribution in [1.29, 1.82) is 0 Å². The van der Waals surface area contributed by atoms with Gasteiger partial charge in [0.05, 0.1) is 6.42 Å². The first-order chi connectivity index (χ1) is 6.59. The quantitative estimate of drug-likeness (QED) is 0.805. The highest BCUT2D eigenvalue weighted by Crippen LogP contribution is 2.17. The van der Waals surface area contributed by atoms with Crippen molar-refractivity contribution in [1.82, 2.24) is 0 Å². The van der Waals surface area contributed by atoms with Gasteiger partial charge in [-0.15, -0.1) is 0 Å². The molecule has 0 aliphatic heterocycles. The summed E-state index contributed by atoms with van der Waals surface area (Å²) in [5, 5.41) is 8.46. The summed E-state index contributed by atoms with van der Waals surface area (Å²) in [6.45, 7) is 1.58. The summed E-state index contributed by atoms with van der Waals surface area (Å²) >= 11 is 0. The van der Waals surface area contributed by atoms with Crippen LogP contribution in [0.25, 0.3) is 0 Å². The maximum atomic E-state index is 13.0. The van der Waals surface area contributed by atoms with Crippen LogP contribution in [0.1, 0.15) is 13.3 Å². The van der Waals surface area contributed by atoms with E-state index in [1.54, 1.807) is 19.1 Å². The van der Waals surface area contributed by atoms with E-state index in [0.717, 1.165) is 0 Å². The SMILES string of the molecule is CC(CC(=O)O)Oc1ccccc1F.